The quantitative estimate of drug-likeness (QED) is 0.191. The Labute approximate surface area is 267 Å². The molecule has 0 N–H and O–H groups in total. The topological polar surface area (TPSA) is 30.7 Å². The molecule has 0 saturated carbocycles. The van der Waals surface area contributed by atoms with E-state index < -0.39 is 0 Å². The predicted molar refractivity (Wildman–Crippen MR) is 194 cm³/mol. The number of hydrogen-bond acceptors (Lipinski definition) is 2. The minimum Gasteiger partial charge on any atom is -0.309 e. The van der Waals surface area contributed by atoms with Crippen molar-refractivity contribution in [2.75, 3.05) is 0 Å². The van der Waals surface area contributed by atoms with Gasteiger partial charge in [-0.05, 0) is 75.8 Å². The van der Waals surface area contributed by atoms with Crippen LogP contribution in [0.1, 0.15) is 25.3 Å². The van der Waals surface area contributed by atoms with E-state index in [2.05, 4.69) is 158 Å². The van der Waals surface area contributed by atoms with Crippen molar-refractivity contribution in [3.63, 3.8) is 0 Å². The second-order valence-corrected chi connectivity index (χ2v) is 12.5. The summed E-state index contributed by atoms with van der Waals surface area (Å²) in [6, 6.07) is 50.2. The van der Waals surface area contributed by atoms with Gasteiger partial charge in [0.25, 0.3) is 0 Å². The summed E-state index contributed by atoms with van der Waals surface area (Å²) in [5.74, 6) is 0.456. The summed E-state index contributed by atoms with van der Waals surface area (Å²) in [7, 11) is 0. The summed E-state index contributed by atoms with van der Waals surface area (Å²) in [4.78, 5) is 10.2. The zero-order chi connectivity index (χ0) is 30.8. The van der Waals surface area contributed by atoms with E-state index in [0.717, 1.165) is 38.6 Å². The van der Waals surface area contributed by atoms with Gasteiger partial charge in [0, 0.05) is 32.8 Å². The Kier molecular flexibility index (Phi) is 6.01. The van der Waals surface area contributed by atoms with Gasteiger partial charge in [-0.25, -0.2) is 4.98 Å². The molecule has 0 atom stereocenters. The van der Waals surface area contributed by atoms with Crippen molar-refractivity contribution in [2.24, 2.45) is 0 Å². The maximum absolute atomic E-state index is 5.25. The Morgan fingerprint density at radius 1 is 0.478 bits per heavy atom. The normalized spacial score (nSPS) is 11.9. The fraction of sp³-hybridized carbons (Fsp3) is 0.0698. The minimum atomic E-state index is 0.456. The van der Waals surface area contributed by atoms with Crippen LogP contribution in [0.4, 0.5) is 0 Å². The number of aromatic nitrogens is 3. The van der Waals surface area contributed by atoms with Gasteiger partial charge >= 0.3 is 0 Å². The molecule has 0 aliphatic carbocycles. The SMILES string of the molecule is CC(C)c1ccc2c(c1)c1cc(-c3cccc(-c4cnc5c6ccccc6c6ccccc6c5n4)c3)ccc1n2-c1ccccc1. The van der Waals surface area contributed by atoms with Gasteiger partial charge in [0.15, 0.2) is 0 Å². The van der Waals surface area contributed by atoms with Gasteiger partial charge in [-0.15, -0.1) is 0 Å². The number of rotatable bonds is 4. The minimum absolute atomic E-state index is 0.456. The molecule has 7 aromatic carbocycles. The molecule has 0 bridgehead atoms. The van der Waals surface area contributed by atoms with Gasteiger partial charge in [-0.3, -0.25) is 4.98 Å². The van der Waals surface area contributed by atoms with Crippen LogP contribution in [0.3, 0.4) is 0 Å². The summed E-state index contributed by atoms with van der Waals surface area (Å²) in [5.41, 5.74) is 11.1. The van der Waals surface area contributed by atoms with Crippen LogP contribution < -0.4 is 0 Å². The zero-order valence-corrected chi connectivity index (χ0v) is 25.8. The molecule has 0 saturated heterocycles. The highest BCUT2D eigenvalue weighted by atomic mass is 15.0. The van der Waals surface area contributed by atoms with Crippen LogP contribution in [-0.4, -0.2) is 14.5 Å². The molecule has 0 spiro atoms. The first kappa shape index (κ1) is 26.6. The van der Waals surface area contributed by atoms with Gasteiger partial charge in [-0.2, -0.15) is 0 Å². The lowest BCUT2D eigenvalue weighted by atomic mass is 9.97. The molecule has 2 aromatic heterocycles. The monoisotopic (exact) mass is 589 g/mol. The molecular formula is C43H31N3. The number of para-hydroxylation sites is 1. The largest absolute Gasteiger partial charge is 0.309 e. The first-order valence-corrected chi connectivity index (χ1v) is 15.9. The third-order valence-electron chi connectivity index (χ3n) is 9.39. The second kappa shape index (κ2) is 10.4. The summed E-state index contributed by atoms with van der Waals surface area (Å²) >= 11 is 0. The third kappa shape index (κ3) is 4.13. The molecule has 9 aromatic rings. The highest BCUT2D eigenvalue weighted by Crippen LogP contribution is 2.38. The standard InChI is InChI=1S/C43H31N3/c1-27(2)28-19-21-40-37(24-28)38-25-30(20-22-41(38)46(40)32-13-4-3-5-14-32)29-11-10-12-31(23-29)39-26-44-42-35-17-8-6-15-33(35)34-16-7-9-18-36(34)43(42)45-39/h3-27H,1-2H3. The molecule has 0 aliphatic heterocycles. The van der Waals surface area contributed by atoms with Crippen LogP contribution in [0.15, 0.2) is 146 Å². The Hall–Kier alpha value is -5.80. The molecule has 0 fully saturated rings. The molecule has 3 nitrogen and oxygen atoms in total. The smallest absolute Gasteiger partial charge is 0.0979 e. The van der Waals surface area contributed by atoms with E-state index >= 15 is 0 Å². The average Bonchev–Trinajstić information content (AvgIpc) is 3.45. The van der Waals surface area contributed by atoms with Crippen LogP contribution in [0.25, 0.3) is 82.5 Å². The lowest BCUT2D eigenvalue weighted by Gasteiger charge is -2.11. The Bertz CT molecular complexity index is 2580. The zero-order valence-electron chi connectivity index (χ0n) is 25.8. The molecule has 9 rings (SSSR count). The van der Waals surface area contributed by atoms with Crippen molar-refractivity contribution < 1.29 is 0 Å². The Balaban J connectivity index is 1.21. The van der Waals surface area contributed by atoms with E-state index in [1.807, 2.05) is 6.20 Å². The third-order valence-corrected chi connectivity index (χ3v) is 9.39. The van der Waals surface area contributed by atoms with E-state index in [9.17, 15) is 0 Å². The molecular weight excluding hydrogens is 558 g/mol. The number of fused-ring (bicyclic) bond motifs is 9. The maximum Gasteiger partial charge on any atom is 0.0979 e. The van der Waals surface area contributed by atoms with Crippen molar-refractivity contribution in [3.8, 4) is 28.1 Å². The summed E-state index contributed by atoms with van der Waals surface area (Å²) in [6.07, 6.45) is 1.92. The van der Waals surface area contributed by atoms with E-state index in [0.29, 0.717) is 5.92 Å². The van der Waals surface area contributed by atoms with Crippen LogP contribution in [0, 0.1) is 0 Å². The molecule has 218 valence electrons. The van der Waals surface area contributed by atoms with E-state index in [-0.39, 0.29) is 0 Å². The van der Waals surface area contributed by atoms with Gasteiger partial charge in [0.05, 0.1) is 34.0 Å². The fourth-order valence-corrected chi connectivity index (χ4v) is 7.05. The molecule has 2 heterocycles. The first-order valence-electron chi connectivity index (χ1n) is 15.9. The highest BCUT2D eigenvalue weighted by molar-refractivity contribution is 6.23. The molecule has 0 amide bonds. The molecule has 3 heteroatoms. The lowest BCUT2D eigenvalue weighted by molar-refractivity contribution is 0.868. The van der Waals surface area contributed by atoms with Gasteiger partial charge < -0.3 is 4.57 Å². The first-order chi connectivity index (χ1) is 22.6. The summed E-state index contributed by atoms with van der Waals surface area (Å²) in [6.45, 7) is 4.52. The molecule has 0 unspecified atom stereocenters. The van der Waals surface area contributed by atoms with Crippen LogP contribution in [0.5, 0.6) is 0 Å². The van der Waals surface area contributed by atoms with Crippen LogP contribution in [-0.2, 0) is 0 Å². The van der Waals surface area contributed by atoms with Gasteiger partial charge in [0.2, 0.25) is 0 Å². The Morgan fingerprint density at radius 3 is 1.83 bits per heavy atom. The highest BCUT2D eigenvalue weighted by Gasteiger charge is 2.16. The molecule has 0 aliphatic rings. The van der Waals surface area contributed by atoms with Gasteiger partial charge in [-0.1, -0.05) is 111 Å². The van der Waals surface area contributed by atoms with E-state index in [1.54, 1.807) is 0 Å². The number of benzene rings is 7. The number of hydrogen-bond donors (Lipinski definition) is 0. The van der Waals surface area contributed by atoms with E-state index in [4.69, 9.17) is 9.97 Å². The van der Waals surface area contributed by atoms with E-state index in [1.165, 1.54) is 49.4 Å². The maximum atomic E-state index is 5.25. The van der Waals surface area contributed by atoms with Crippen LogP contribution in [0.2, 0.25) is 0 Å². The second-order valence-electron chi connectivity index (χ2n) is 12.5. The molecule has 0 radical (unpaired) electrons. The molecule has 46 heavy (non-hydrogen) atoms. The summed E-state index contributed by atoms with van der Waals surface area (Å²) in [5, 5.41) is 7.21. The number of nitrogens with zero attached hydrogens (tertiary/aromatic N) is 3. The van der Waals surface area contributed by atoms with Crippen molar-refractivity contribution in [1.29, 1.82) is 0 Å². The van der Waals surface area contributed by atoms with Gasteiger partial charge in [0.1, 0.15) is 0 Å². The fourth-order valence-electron chi connectivity index (χ4n) is 7.05. The van der Waals surface area contributed by atoms with Crippen molar-refractivity contribution >= 4 is 54.4 Å². The lowest BCUT2D eigenvalue weighted by Crippen LogP contribution is -1.93. The van der Waals surface area contributed by atoms with Crippen molar-refractivity contribution in [1.82, 2.24) is 14.5 Å². The Morgan fingerprint density at radius 2 is 1.09 bits per heavy atom. The summed E-state index contributed by atoms with van der Waals surface area (Å²) < 4.78 is 2.38. The van der Waals surface area contributed by atoms with Crippen molar-refractivity contribution in [2.45, 2.75) is 19.8 Å². The van der Waals surface area contributed by atoms with Crippen molar-refractivity contribution in [3.05, 3.63) is 151 Å². The average molecular weight is 590 g/mol. The predicted octanol–water partition coefficient (Wildman–Crippen LogP) is 11.5. The van der Waals surface area contributed by atoms with Crippen LogP contribution >= 0.6 is 0 Å².